The van der Waals surface area contributed by atoms with E-state index >= 15 is 0 Å². The summed E-state index contributed by atoms with van der Waals surface area (Å²) < 4.78 is 5.65. The zero-order chi connectivity index (χ0) is 12.5. The lowest BCUT2D eigenvalue weighted by Crippen LogP contribution is -2.25. The fourth-order valence-electron chi connectivity index (χ4n) is 2.12. The van der Waals surface area contributed by atoms with E-state index in [1.807, 2.05) is 24.3 Å². The molecular formula is C15H19NO2. The van der Waals surface area contributed by atoms with Crippen LogP contribution >= 0.6 is 0 Å². The molecule has 2 saturated carbocycles. The Morgan fingerprint density at radius 1 is 1.22 bits per heavy atom. The second kappa shape index (κ2) is 4.73. The van der Waals surface area contributed by atoms with Crippen LogP contribution in [0.4, 0.5) is 0 Å². The molecule has 0 spiro atoms. The molecule has 2 N–H and O–H groups in total. The molecule has 1 aromatic carbocycles. The topological polar surface area (TPSA) is 52.3 Å². The summed E-state index contributed by atoms with van der Waals surface area (Å²) in [7, 11) is 0. The molecule has 0 radical (unpaired) electrons. The summed E-state index contributed by atoms with van der Waals surface area (Å²) in [6.07, 6.45) is 5.53. The van der Waals surface area contributed by atoms with E-state index in [0.29, 0.717) is 18.4 Å². The van der Waals surface area contributed by atoms with Gasteiger partial charge in [-0.25, -0.2) is 0 Å². The van der Waals surface area contributed by atoms with E-state index in [1.165, 1.54) is 12.8 Å². The normalized spacial score (nSPS) is 20.5. The maximum atomic E-state index is 12.0. The van der Waals surface area contributed by atoms with E-state index < -0.39 is 0 Å². The molecule has 2 aliphatic carbocycles. The predicted octanol–water partition coefficient (Wildman–Crippen LogP) is 2.54. The SMILES string of the molecule is NC(CC(=O)c1ccc(OC2CC2)cc1)C1CC1. The molecule has 18 heavy (non-hydrogen) atoms. The Kier molecular flexibility index (Phi) is 3.08. The molecule has 3 heteroatoms. The Morgan fingerprint density at radius 2 is 1.89 bits per heavy atom. The molecule has 0 amide bonds. The van der Waals surface area contributed by atoms with Crippen LogP contribution in [0.1, 0.15) is 42.5 Å². The molecular weight excluding hydrogens is 226 g/mol. The largest absolute Gasteiger partial charge is 0.490 e. The monoisotopic (exact) mass is 245 g/mol. The highest BCUT2D eigenvalue weighted by atomic mass is 16.5. The minimum Gasteiger partial charge on any atom is -0.490 e. The first-order valence-electron chi connectivity index (χ1n) is 6.78. The van der Waals surface area contributed by atoms with E-state index in [9.17, 15) is 4.79 Å². The fraction of sp³-hybridized carbons (Fsp3) is 0.533. The molecule has 0 aromatic heterocycles. The number of carbonyl (C=O) groups is 1. The second-order valence-electron chi connectivity index (χ2n) is 5.47. The van der Waals surface area contributed by atoms with Gasteiger partial charge in [-0.3, -0.25) is 4.79 Å². The molecule has 0 heterocycles. The zero-order valence-corrected chi connectivity index (χ0v) is 10.5. The van der Waals surface area contributed by atoms with Crippen LogP contribution in [0, 0.1) is 5.92 Å². The van der Waals surface area contributed by atoms with Crippen molar-refractivity contribution < 1.29 is 9.53 Å². The first-order chi connectivity index (χ1) is 8.72. The van der Waals surface area contributed by atoms with Gasteiger partial charge in [-0.2, -0.15) is 0 Å². The molecule has 0 saturated heterocycles. The first-order valence-corrected chi connectivity index (χ1v) is 6.78. The molecule has 3 rings (SSSR count). The molecule has 0 aliphatic heterocycles. The van der Waals surface area contributed by atoms with Gasteiger partial charge in [0.05, 0.1) is 6.10 Å². The number of ketones is 1. The van der Waals surface area contributed by atoms with Crippen molar-refractivity contribution in [3.8, 4) is 5.75 Å². The molecule has 1 unspecified atom stereocenters. The van der Waals surface area contributed by atoms with Crippen molar-refractivity contribution >= 4 is 5.78 Å². The van der Waals surface area contributed by atoms with Crippen molar-refractivity contribution in [3.63, 3.8) is 0 Å². The van der Waals surface area contributed by atoms with Gasteiger partial charge in [-0.1, -0.05) is 0 Å². The van der Waals surface area contributed by atoms with E-state index in [1.54, 1.807) is 0 Å². The summed E-state index contributed by atoms with van der Waals surface area (Å²) in [5.41, 5.74) is 6.72. The van der Waals surface area contributed by atoms with Crippen molar-refractivity contribution in [1.82, 2.24) is 0 Å². The Labute approximate surface area is 107 Å². The molecule has 2 aliphatic rings. The quantitative estimate of drug-likeness (QED) is 0.783. The molecule has 3 nitrogen and oxygen atoms in total. The maximum absolute atomic E-state index is 12.0. The van der Waals surface area contributed by atoms with Gasteiger partial charge >= 0.3 is 0 Å². The fourth-order valence-corrected chi connectivity index (χ4v) is 2.12. The smallest absolute Gasteiger partial charge is 0.164 e. The van der Waals surface area contributed by atoms with Gasteiger partial charge in [0.1, 0.15) is 5.75 Å². The van der Waals surface area contributed by atoms with Crippen LogP contribution in [0.25, 0.3) is 0 Å². The summed E-state index contributed by atoms with van der Waals surface area (Å²) in [5, 5.41) is 0. The van der Waals surface area contributed by atoms with Gasteiger partial charge in [0.2, 0.25) is 0 Å². The lowest BCUT2D eigenvalue weighted by Gasteiger charge is -2.09. The van der Waals surface area contributed by atoms with Crippen LogP contribution in [0.15, 0.2) is 24.3 Å². The summed E-state index contributed by atoms with van der Waals surface area (Å²) >= 11 is 0. The third kappa shape index (κ3) is 2.91. The Balaban J connectivity index is 1.58. The highest BCUT2D eigenvalue weighted by Gasteiger charge is 2.30. The van der Waals surface area contributed by atoms with E-state index in [0.717, 1.165) is 24.2 Å². The molecule has 0 bridgehead atoms. The summed E-state index contributed by atoms with van der Waals surface area (Å²) in [6.45, 7) is 0. The molecule has 2 fully saturated rings. The summed E-state index contributed by atoms with van der Waals surface area (Å²) in [6, 6.07) is 7.50. The number of hydrogen-bond donors (Lipinski definition) is 1. The molecule has 1 aromatic rings. The van der Waals surface area contributed by atoms with Gasteiger partial charge in [-0.15, -0.1) is 0 Å². The second-order valence-corrected chi connectivity index (χ2v) is 5.47. The Hall–Kier alpha value is -1.35. The summed E-state index contributed by atoms with van der Waals surface area (Å²) in [5.74, 6) is 1.58. The minimum atomic E-state index is 0.0416. The number of ether oxygens (including phenoxy) is 1. The number of rotatable bonds is 6. The lowest BCUT2D eigenvalue weighted by atomic mass is 10.0. The Bertz CT molecular complexity index is 432. The summed E-state index contributed by atoms with van der Waals surface area (Å²) in [4.78, 5) is 12.0. The van der Waals surface area contributed by atoms with E-state index in [-0.39, 0.29) is 11.8 Å². The number of Topliss-reactive ketones (excluding diaryl/α,β-unsaturated/α-hetero) is 1. The standard InChI is InChI=1S/C15H19NO2/c16-14(10-1-2-10)9-15(17)11-3-5-12(6-4-11)18-13-7-8-13/h3-6,10,13-14H,1-2,7-9,16H2. The first kappa shape index (κ1) is 11.7. The molecule has 1 atom stereocenters. The Morgan fingerprint density at radius 3 is 2.44 bits per heavy atom. The van der Waals surface area contributed by atoms with Gasteiger partial charge in [0.15, 0.2) is 5.78 Å². The van der Waals surface area contributed by atoms with Crippen LogP contribution in [0.2, 0.25) is 0 Å². The van der Waals surface area contributed by atoms with Crippen LogP contribution < -0.4 is 10.5 Å². The number of carbonyl (C=O) groups excluding carboxylic acids is 1. The minimum absolute atomic E-state index is 0.0416. The predicted molar refractivity (Wildman–Crippen MR) is 69.7 cm³/mol. The number of hydrogen-bond acceptors (Lipinski definition) is 3. The third-order valence-corrected chi connectivity index (χ3v) is 3.65. The van der Waals surface area contributed by atoms with Crippen LogP contribution in [-0.2, 0) is 0 Å². The van der Waals surface area contributed by atoms with Crippen molar-refractivity contribution in [2.45, 2.75) is 44.2 Å². The number of nitrogens with two attached hydrogens (primary N) is 1. The van der Waals surface area contributed by atoms with Crippen LogP contribution in [0.3, 0.4) is 0 Å². The average Bonchev–Trinajstić information content (AvgIpc) is 3.23. The van der Waals surface area contributed by atoms with Crippen molar-refractivity contribution in [3.05, 3.63) is 29.8 Å². The zero-order valence-electron chi connectivity index (χ0n) is 10.5. The van der Waals surface area contributed by atoms with Crippen molar-refractivity contribution in [1.29, 1.82) is 0 Å². The van der Waals surface area contributed by atoms with Crippen molar-refractivity contribution in [2.75, 3.05) is 0 Å². The highest BCUT2D eigenvalue weighted by molar-refractivity contribution is 5.96. The lowest BCUT2D eigenvalue weighted by molar-refractivity contribution is 0.0971. The number of benzene rings is 1. The van der Waals surface area contributed by atoms with Crippen molar-refractivity contribution in [2.24, 2.45) is 11.7 Å². The van der Waals surface area contributed by atoms with Gasteiger partial charge < -0.3 is 10.5 Å². The van der Waals surface area contributed by atoms with Gasteiger partial charge in [0, 0.05) is 18.0 Å². The third-order valence-electron chi connectivity index (χ3n) is 3.65. The average molecular weight is 245 g/mol. The highest BCUT2D eigenvalue weighted by Crippen LogP contribution is 2.33. The van der Waals surface area contributed by atoms with E-state index in [4.69, 9.17) is 10.5 Å². The van der Waals surface area contributed by atoms with Gasteiger partial charge in [0.25, 0.3) is 0 Å². The van der Waals surface area contributed by atoms with Crippen LogP contribution in [0.5, 0.6) is 5.75 Å². The van der Waals surface area contributed by atoms with Crippen LogP contribution in [-0.4, -0.2) is 17.9 Å². The van der Waals surface area contributed by atoms with Gasteiger partial charge in [-0.05, 0) is 55.9 Å². The molecule has 96 valence electrons. The maximum Gasteiger partial charge on any atom is 0.164 e. The van der Waals surface area contributed by atoms with E-state index in [2.05, 4.69) is 0 Å².